The molecule has 1 aromatic rings. The lowest BCUT2D eigenvalue weighted by Crippen LogP contribution is -2.35. The lowest BCUT2D eigenvalue weighted by Gasteiger charge is -2.47. The van der Waals surface area contributed by atoms with Crippen molar-refractivity contribution >= 4 is 22.4 Å². The maximum atomic E-state index is 14.7. The van der Waals surface area contributed by atoms with Gasteiger partial charge in [-0.2, -0.15) is 0 Å². The van der Waals surface area contributed by atoms with Gasteiger partial charge in [0.2, 0.25) is 0 Å². The molecule has 1 aliphatic carbocycles. The van der Waals surface area contributed by atoms with Gasteiger partial charge in [-0.15, -0.1) is 10.8 Å². The van der Waals surface area contributed by atoms with Crippen LogP contribution in [0.25, 0.3) is 0 Å². The highest BCUT2D eigenvalue weighted by atomic mass is 32.3. The number of halogens is 1. The molecular formula is C16H22FNO4S. The third-order valence-electron chi connectivity index (χ3n) is 4.78. The van der Waals surface area contributed by atoms with Crippen molar-refractivity contribution in [2.75, 3.05) is 16.6 Å². The monoisotopic (exact) mass is 343 g/mol. The SMILES string of the molecule is O=C(O)c1cc(C2CCCC2)cc(N2CCCCS2(O)O)c1F. The molecule has 2 aliphatic rings. The molecule has 1 aromatic carbocycles. The van der Waals surface area contributed by atoms with Crippen molar-refractivity contribution in [2.24, 2.45) is 0 Å². The minimum Gasteiger partial charge on any atom is -0.478 e. The van der Waals surface area contributed by atoms with Crippen LogP contribution in [-0.4, -0.2) is 32.5 Å². The van der Waals surface area contributed by atoms with Gasteiger partial charge in [0.1, 0.15) is 0 Å². The van der Waals surface area contributed by atoms with E-state index in [0.717, 1.165) is 37.7 Å². The Bertz CT molecular complexity index is 616. The molecule has 23 heavy (non-hydrogen) atoms. The van der Waals surface area contributed by atoms with Gasteiger partial charge >= 0.3 is 5.97 Å². The summed E-state index contributed by atoms with van der Waals surface area (Å²) in [6.45, 7) is 0.326. The summed E-state index contributed by atoms with van der Waals surface area (Å²) >= 11 is 0. The van der Waals surface area contributed by atoms with E-state index in [0.29, 0.717) is 13.0 Å². The van der Waals surface area contributed by atoms with Crippen molar-refractivity contribution in [3.8, 4) is 0 Å². The van der Waals surface area contributed by atoms with Crippen molar-refractivity contribution in [1.29, 1.82) is 0 Å². The Morgan fingerprint density at radius 1 is 1.17 bits per heavy atom. The van der Waals surface area contributed by atoms with E-state index in [1.807, 2.05) is 0 Å². The summed E-state index contributed by atoms with van der Waals surface area (Å²) in [6, 6.07) is 3.03. The maximum Gasteiger partial charge on any atom is 0.338 e. The Labute approximate surface area is 136 Å². The van der Waals surface area contributed by atoms with Crippen LogP contribution in [0.5, 0.6) is 0 Å². The summed E-state index contributed by atoms with van der Waals surface area (Å²) in [5.41, 5.74) is 0.425. The molecule has 0 aromatic heterocycles. The number of rotatable bonds is 3. The zero-order valence-corrected chi connectivity index (χ0v) is 13.7. The van der Waals surface area contributed by atoms with E-state index >= 15 is 0 Å². The Kier molecular flexibility index (Phi) is 4.53. The average Bonchev–Trinajstić information content (AvgIpc) is 3.01. The molecule has 1 aliphatic heterocycles. The van der Waals surface area contributed by atoms with Gasteiger partial charge in [-0.3, -0.25) is 13.4 Å². The third kappa shape index (κ3) is 3.18. The Hall–Kier alpha value is -1.31. The highest BCUT2D eigenvalue weighted by molar-refractivity contribution is 8.25. The topological polar surface area (TPSA) is 81.0 Å². The van der Waals surface area contributed by atoms with Crippen LogP contribution in [0.3, 0.4) is 0 Å². The third-order valence-corrected chi connectivity index (χ3v) is 6.71. The first kappa shape index (κ1) is 16.5. The van der Waals surface area contributed by atoms with E-state index in [-0.39, 0.29) is 22.9 Å². The van der Waals surface area contributed by atoms with Crippen LogP contribution in [-0.2, 0) is 0 Å². The van der Waals surface area contributed by atoms with E-state index < -0.39 is 22.6 Å². The summed E-state index contributed by atoms with van der Waals surface area (Å²) in [5.74, 6) is -1.78. The van der Waals surface area contributed by atoms with E-state index in [4.69, 9.17) is 0 Å². The second-order valence-electron chi connectivity index (χ2n) is 6.33. The number of hydrogen-bond acceptors (Lipinski definition) is 4. The quantitative estimate of drug-likeness (QED) is 0.755. The minimum absolute atomic E-state index is 0.0199. The molecule has 3 N–H and O–H groups in total. The lowest BCUT2D eigenvalue weighted by molar-refractivity contribution is 0.0691. The van der Waals surface area contributed by atoms with Crippen molar-refractivity contribution in [1.82, 2.24) is 0 Å². The second kappa shape index (κ2) is 6.30. The molecule has 7 heteroatoms. The summed E-state index contributed by atoms with van der Waals surface area (Å²) < 4.78 is 36.5. The average molecular weight is 343 g/mol. The lowest BCUT2D eigenvalue weighted by atomic mass is 9.95. The Morgan fingerprint density at radius 2 is 1.87 bits per heavy atom. The Balaban J connectivity index is 2.08. The van der Waals surface area contributed by atoms with Crippen molar-refractivity contribution in [3.05, 3.63) is 29.1 Å². The van der Waals surface area contributed by atoms with E-state index in [2.05, 4.69) is 0 Å². The van der Waals surface area contributed by atoms with Gasteiger partial charge in [-0.05, 0) is 49.3 Å². The molecule has 128 valence electrons. The van der Waals surface area contributed by atoms with Gasteiger partial charge < -0.3 is 5.11 Å². The first-order chi connectivity index (χ1) is 10.9. The smallest absolute Gasteiger partial charge is 0.338 e. The molecule has 0 bridgehead atoms. The standard InChI is InChI=1S/C16H22FNO4S/c17-15-13(16(19)20)9-12(11-5-1-2-6-11)10-14(15)18-7-3-4-8-23(18,21)22/h9-11,21-22H,1-8H2,(H,19,20). The zero-order valence-electron chi connectivity index (χ0n) is 12.9. The van der Waals surface area contributed by atoms with Crippen molar-refractivity contribution in [2.45, 2.75) is 44.4 Å². The largest absolute Gasteiger partial charge is 0.478 e. The van der Waals surface area contributed by atoms with Gasteiger partial charge in [-0.1, -0.05) is 12.8 Å². The molecule has 1 saturated heterocycles. The fourth-order valence-corrected chi connectivity index (χ4v) is 5.23. The molecule has 0 amide bonds. The second-order valence-corrected chi connectivity index (χ2v) is 8.45. The molecule has 3 rings (SSSR count). The molecule has 5 nitrogen and oxygen atoms in total. The predicted molar refractivity (Wildman–Crippen MR) is 88.9 cm³/mol. The molecule has 2 fully saturated rings. The highest BCUT2D eigenvalue weighted by Crippen LogP contribution is 2.51. The van der Waals surface area contributed by atoms with Gasteiger partial charge in [0.15, 0.2) is 5.82 Å². The number of nitrogens with zero attached hydrogens (tertiary/aromatic N) is 1. The van der Waals surface area contributed by atoms with Crippen LogP contribution >= 0.6 is 10.8 Å². The number of anilines is 1. The van der Waals surface area contributed by atoms with Crippen LogP contribution in [0.2, 0.25) is 0 Å². The van der Waals surface area contributed by atoms with Crippen LogP contribution in [0.1, 0.15) is 60.4 Å². The summed E-state index contributed by atoms with van der Waals surface area (Å²) in [7, 11) is -3.08. The van der Waals surface area contributed by atoms with E-state index in [9.17, 15) is 23.4 Å². The Morgan fingerprint density at radius 3 is 2.48 bits per heavy atom. The number of carboxylic acid groups (broad SMARTS) is 1. The normalized spacial score (nSPS) is 23.0. The predicted octanol–water partition coefficient (Wildman–Crippen LogP) is 4.45. The molecular weight excluding hydrogens is 321 g/mol. The molecule has 0 atom stereocenters. The van der Waals surface area contributed by atoms with E-state index in [1.165, 1.54) is 10.4 Å². The van der Waals surface area contributed by atoms with Crippen LogP contribution in [0, 0.1) is 5.82 Å². The van der Waals surface area contributed by atoms with Gasteiger partial charge in [0.05, 0.1) is 17.0 Å². The first-order valence-electron chi connectivity index (χ1n) is 8.00. The zero-order chi connectivity index (χ0) is 16.6. The summed E-state index contributed by atoms with van der Waals surface area (Å²) in [6.07, 6.45) is 5.48. The fraction of sp³-hybridized carbons (Fsp3) is 0.562. The van der Waals surface area contributed by atoms with Gasteiger partial charge in [0.25, 0.3) is 0 Å². The van der Waals surface area contributed by atoms with Gasteiger partial charge in [-0.25, -0.2) is 9.18 Å². The number of hydrogen-bond donors (Lipinski definition) is 3. The number of benzene rings is 1. The van der Waals surface area contributed by atoms with E-state index in [1.54, 1.807) is 6.07 Å². The minimum atomic E-state index is -3.08. The molecule has 1 saturated carbocycles. The summed E-state index contributed by atoms with van der Waals surface area (Å²) in [4.78, 5) is 11.4. The number of aromatic carboxylic acids is 1. The van der Waals surface area contributed by atoms with Crippen molar-refractivity contribution < 1.29 is 23.4 Å². The molecule has 0 radical (unpaired) electrons. The molecule has 0 spiro atoms. The van der Waals surface area contributed by atoms with Crippen LogP contribution < -0.4 is 4.31 Å². The highest BCUT2D eigenvalue weighted by Gasteiger charge is 2.32. The molecule has 0 unspecified atom stereocenters. The maximum absolute atomic E-state index is 14.7. The molecule has 1 heterocycles. The first-order valence-corrected chi connectivity index (χ1v) is 9.68. The van der Waals surface area contributed by atoms with Crippen LogP contribution in [0.15, 0.2) is 12.1 Å². The fourth-order valence-electron chi connectivity index (χ4n) is 3.55. The van der Waals surface area contributed by atoms with Crippen LogP contribution in [0.4, 0.5) is 10.1 Å². The van der Waals surface area contributed by atoms with Crippen molar-refractivity contribution in [3.63, 3.8) is 0 Å². The number of carboxylic acids is 1. The van der Waals surface area contributed by atoms with Gasteiger partial charge in [0, 0.05) is 6.54 Å². The number of carbonyl (C=O) groups is 1. The summed E-state index contributed by atoms with van der Waals surface area (Å²) in [5, 5.41) is 9.31.